The molecule has 2 heterocycles. The summed E-state index contributed by atoms with van der Waals surface area (Å²) in [5.74, 6) is 1.33. The Hall–Kier alpha value is -3.22. The highest BCUT2D eigenvalue weighted by Gasteiger charge is 2.25. The van der Waals surface area contributed by atoms with Crippen LogP contribution in [0.2, 0.25) is 0 Å². The lowest BCUT2D eigenvalue weighted by Crippen LogP contribution is -2.28. The molecule has 1 fully saturated rings. The van der Waals surface area contributed by atoms with Crippen LogP contribution >= 0.6 is 0 Å². The first-order chi connectivity index (χ1) is 13.7. The van der Waals surface area contributed by atoms with Gasteiger partial charge in [0.15, 0.2) is 0 Å². The molecule has 28 heavy (non-hydrogen) atoms. The summed E-state index contributed by atoms with van der Waals surface area (Å²) in [6, 6.07) is 11.3. The molecule has 1 aliphatic carbocycles. The summed E-state index contributed by atoms with van der Waals surface area (Å²) < 4.78 is 0. The Morgan fingerprint density at radius 3 is 2.89 bits per heavy atom. The average molecular weight is 376 g/mol. The molecular weight excluding hydrogens is 352 g/mol. The maximum absolute atomic E-state index is 12.7. The summed E-state index contributed by atoms with van der Waals surface area (Å²) >= 11 is 0. The van der Waals surface area contributed by atoms with Crippen LogP contribution in [-0.4, -0.2) is 39.2 Å². The molecule has 1 aromatic carbocycles. The summed E-state index contributed by atoms with van der Waals surface area (Å²) in [4.78, 5) is 23.6. The molecule has 1 saturated carbocycles. The third-order valence-electron chi connectivity index (χ3n) is 4.81. The van der Waals surface area contributed by atoms with E-state index >= 15 is 0 Å². The fraction of sp³-hybridized carbons (Fsp3) is 0.333. The highest BCUT2D eigenvalue weighted by molar-refractivity contribution is 6.03. The van der Waals surface area contributed by atoms with Crippen LogP contribution in [0, 0.1) is 5.92 Å². The lowest BCUT2D eigenvalue weighted by atomic mass is 10.1. The molecule has 144 valence electrons. The largest absolute Gasteiger partial charge is 0.356 e. The van der Waals surface area contributed by atoms with Gasteiger partial charge in [0.1, 0.15) is 17.8 Å². The molecule has 7 nitrogen and oxygen atoms in total. The highest BCUT2D eigenvalue weighted by Crippen LogP contribution is 2.31. The van der Waals surface area contributed by atoms with E-state index in [-0.39, 0.29) is 5.91 Å². The Morgan fingerprint density at radius 2 is 2.14 bits per heavy atom. The minimum Gasteiger partial charge on any atom is -0.356 e. The maximum atomic E-state index is 12.7. The SMILES string of the molecule is CCCN(CC1CC1)c1cc(C(=O)Nc2cccc(-c3ccn[nH]3)c2)ncn1. The van der Waals surface area contributed by atoms with E-state index in [1.807, 2.05) is 30.3 Å². The van der Waals surface area contributed by atoms with Crippen LogP contribution < -0.4 is 10.2 Å². The molecule has 0 unspecified atom stereocenters. The first kappa shape index (κ1) is 18.2. The topological polar surface area (TPSA) is 86.8 Å². The summed E-state index contributed by atoms with van der Waals surface area (Å²) in [5.41, 5.74) is 2.93. The van der Waals surface area contributed by atoms with E-state index in [2.05, 4.69) is 37.3 Å². The molecule has 2 aromatic heterocycles. The van der Waals surface area contributed by atoms with E-state index in [0.29, 0.717) is 11.4 Å². The minimum atomic E-state index is -0.242. The van der Waals surface area contributed by atoms with E-state index in [1.165, 1.54) is 19.2 Å². The van der Waals surface area contributed by atoms with Crippen molar-refractivity contribution in [2.75, 3.05) is 23.3 Å². The van der Waals surface area contributed by atoms with Crippen LogP contribution in [0.25, 0.3) is 11.3 Å². The van der Waals surface area contributed by atoms with Crippen LogP contribution in [0.3, 0.4) is 0 Å². The summed E-state index contributed by atoms with van der Waals surface area (Å²) in [5, 5.41) is 9.83. The number of amides is 1. The van der Waals surface area contributed by atoms with E-state index < -0.39 is 0 Å². The van der Waals surface area contributed by atoms with Crippen molar-refractivity contribution in [2.24, 2.45) is 5.92 Å². The van der Waals surface area contributed by atoms with Crippen LogP contribution in [-0.2, 0) is 0 Å². The van der Waals surface area contributed by atoms with Gasteiger partial charge in [0.25, 0.3) is 5.91 Å². The van der Waals surface area contributed by atoms with Crippen molar-refractivity contribution in [3.05, 3.63) is 54.6 Å². The molecular formula is C21H24N6O. The number of H-pyrrole nitrogens is 1. The Morgan fingerprint density at radius 1 is 1.25 bits per heavy atom. The quantitative estimate of drug-likeness (QED) is 0.625. The molecule has 1 aliphatic rings. The van der Waals surface area contributed by atoms with Gasteiger partial charge in [-0.25, -0.2) is 9.97 Å². The van der Waals surface area contributed by atoms with Crippen molar-refractivity contribution in [3.63, 3.8) is 0 Å². The van der Waals surface area contributed by atoms with Crippen molar-refractivity contribution in [3.8, 4) is 11.3 Å². The van der Waals surface area contributed by atoms with Gasteiger partial charge in [-0.15, -0.1) is 0 Å². The molecule has 7 heteroatoms. The van der Waals surface area contributed by atoms with Gasteiger partial charge in [0.05, 0.1) is 5.69 Å². The van der Waals surface area contributed by atoms with Gasteiger partial charge in [-0.05, 0) is 43.4 Å². The van der Waals surface area contributed by atoms with E-state index in [1.54, 1.807) is 12.3 Å². The Kier molecular flexibility index (Phi) is 5.32. The molecule has 0 bridgehead atoms. The third kappa shape index (κ3) is 4.36. The molecule has 0 radical (unpaired) electrons. The first-order valence-electron chi connectivity index (χ1n) is 9.71. The molecule has 0 aliphatic heterocycles. The second-order valence-corrected chi connectivity index (χ2v) is 7.16. The number of rotatable bonds is 8. The van der Waals surface area contributed by atoms with Crippen molar-refractivity contribution < 1.29 is 4.79 Å². The van der Waals surface area contributed by atoms with Crippen molar-refractivity contribution in [2.45, 2.75) is 26.2 Å². The number of hydrogen-bond donors (Lipinski definition) is 2. The molecule has 0 atom stereocenters. The number of aromatic nitrogens is 4. The lowest BCUT2D eigenvalue weighted by molar-refractivity contribution is 0.102. The zero-order valence-corrected chi connectivity index (χ0v) is 15.9. The number of aromatic amines is 1. The van der Waals surface area contributed by atoms with Crippen LogP contribution in [0.15, 0.2) is 48.9 Å². The molecule has 1 amide bonds. The van der Waals surface area contributed by atoms with E-state index in [0.717, 1.165) is 42.5 Å². The first-order valence-corrected chi connectivity index (χ1v) is 9.71. The highest BCUT2D eigenvalue weighted by atomic mass is 16.1. The molecule has 2 N–H and O–H groups in total. The minimum absolute atomic E-state index is 0.242. The van der Waals surface area contributed by atoms with Gasteiger partial charge in [-0.3, -0.25) is 9.89 Å². The van der Waals surface area contributed by atoms with Crippen LogP contribution in [0.4, 0.5) is 11.5 Å². The predicted molar refractivity (Wildman–Crippen MR) is 109 cm³/mol. The van der Waals surface area contributed by atoms with Crippen LogP contribution in [0.5, 0.6) is 0 Å². The number of benzene rings is 1. The summed E-state index contributed by atoms with van der Waals surface area (Å²) in [7, 11) is 0. The average Bonchev–Trinajstić information content (AvgIpc) is 3.37. The maximum Gasteiger partial charge on any atom is 0.274 e. The van der Waals surface area contributed by atoms with Gasteiger partial charge in [-0.1, -0.05) is 19.1 Å². The van der Waals surface area contributed by atoms with Crippen LogP contribution in [0.1, 0.15) is 36.7 Å². The standard InChI is InChI=1S/C21H24N6O/c1-2-10-27(13-15-6-7-15)20-12-19(22-14-23-20)21(28)25-17-5-3-4-16(11-17)18-8-9-24-26-18/h3-5,8-9,11-12,14-15H,2,6-7,10,13H2,1H3,(H,24,26)(H,25,28). The fourth-order valence-electron chi connectivity index (χ4n) is 3.20. The lowest BCUT2D eigenvalue weighted by Gasteiger charge is -2.23. The molecule has 0 spiro atoms. The second kappa shape index (κ2) is 8.21. The van der Waals surface area contributed by atoms with E-state index in [4.69, 9.17) is 0 Å². The number of carbonyl (C=O) groups excluding carboxylic acids is 1. The normalized spacial score (nSPS) is 13.3. The fourth-order valence-corrected chi connectivity index (χ4v) is 3.20. The van der Waals surface area contributed by atoms with Gasteiger partial charge in [0, 0.05) is 36.6 Å². The third-order valence-corrected chi connectivity index (χ3v) is 4.81. The van der Waals surface area contributed by atoms with Crippen molar-refractivity contribution in [1.82, 2.24) is 20.2 Å². The number of nitrogens with one attached hydrogen (secondary N) is 2. The second-order valence-electron chi connectivity index (χ2n) is 7.16. The smallest absolute Gasteiger partial charge is 0.274 e. The van der Waals surface area contributed by atoms with Gasteiger partial charge < -0.3 is 10.2 Å². The van der Waals surface area contributed by atoms with E-state index in [9.17, 15) is 4.79 Å². The number of carbonyl (C=O) groups is 1. The summed E-state index contributed by atoms with van der Waals surface area (Å²) in [6.45, 7) is 4.08. The Bertz CT molecular complexity index is 936. The van der Waals surface area contributed by atoms with Gasteiger partial charge in [-0.2, -0.15) is 5.10 Å². The van der Waals surface area contributed by atoms with Gasteiger partial charge >= 0.3 is 0 Å². The van der Waals surface area contributed by atoms with Crippen molar-refractivity contribution >= 4 is 17.4 Å². The number of anilines is 2. The Labute approximate surface area is 164 Å². The number of hydrogen-bond acceptors (Lipinski definition) is 5. The molecule has 0 saturated heterocycles. The monoisotopic (exact) mass is 376 g/mol. The zero-order valence-electron chi connectivity index (χ0n) is 15.9. The van der Waals surface area contributed by atoms with Gasteiger partial charge in [0.2, 0.25) is 0 Å². The molecule has 4 rings (SSSR count). The predicted octanol–water partition coefficient (Wildman–Crippen LogP) is 3.75. The number of nitrogens with zero attached hydrogens (tertiary/aromatic N) is 4. The zero-order chi connectivity index (χ0) is 19.3. The Balaban J connectivity index is 1.50. The summed E-state index contributed by atoms with van der Waals surface area (Å²) in [6.07, 6.45) is 6.78. The molecule has 3 aromatic rings. The van der Waals surface area contributed by atoms with Crippen molar-refractivity contribution in [1.29, 1.82) is 0 Å².